The molecule has 2 rings (SSSR count). The Morgan fingerprint density at radius 1 is 1.59 bits per heavy atom. The maximum absolute atomic E-state index is 12.1. The Labute approximate surface area is 102 Å². The predicted molar refractivity (Wildman–Crippen MR) is 65.8 cm³/mol. The third kappa shape index (κ3) is 2.69. The van der Waals surface area contributed by atoms with Crippen LogP contribution in [0.15, 0.2) is 16.5 Å². The normalized spacial score (nSPS) is 19.9. The van der Waals surface area contributed by atoms with Crippen LogP contribution in [0.5, 0.6) is 0 Å². The molecule has 0 bridgehead atoms. The van der Waals surface area contributed by atoms with Gasteiger partial charge >= 0.3 is 0 Å². The van der Waals surface area contributed by atoms with E-state index in [0.717, 1.165) is 38.1 Å². The third-order valence-corrected chi connectivity index (χ3v) is 3.37. The van der Waals surface area contributed by atoms with Crippen molar-refractivity contribution in [2.45, 2.75) is 26.2 Å². The van der Waals surface area contributed by atoms with Gasteiger partial charge in [-0.05, 0) is 37.4 Å². The van der Waals surface area contributed by atoms with Gasteiger partial charge in [-0.2, -0.15) is 0 Å². The summed E-state index contributed by atoms with van der Waals surface area (Å²) in [6.07, 6.45) is 2.88. The fourth-order valence-electron chi connectivity index (χ4n) is 2.33. The van der Waals surface area contributed by atoms with Gasteiger partial charge in [0.05, 0.1) is 0 Å². The van der Waals surface area contributed by atoms with Gasteiger partial charge in [0.15, 0.2) is 5.76 Å². The van der Waals surface area contributed by atoms with Gasteiger partial charge in [-0.3, -0.25) is 4.79 Å². The number of aryl methyl sites for hydroxylation is 1. The highest BCUT2D eigenvalue weighted by Gasteiger charge is 2.27. The predicted octanol–water partition coefficient (Wildman–Crippen LogP) is 1.65. The lowest BCUT2D eigenvalue weighted by Crippen LogP contribution is -2.28. The van der Waals surface area contributed by atoms with Crippen molar-refractivity contribution in [3.63, 3.8) is 0 Å². The van der Waals surface area contributed by atoms with E-state index in [0.29, 0.717) is 18.2 Å². The second-order valence-corrected chi connectivity index (χ2v) is 4.60. The smallest absolute Gasteiger partial charge is 0.289 e. The van der Waals surface area contributed by atoms with Crippen LogP contribution in [0.4, 0.5) is 0 Å². The first kappa shape index (κ1) is 12.2. The van der Waals surface area contributed by atoms with E-state index in [1.165, 1.54) is 0 Å². The summed E-state index contributed by atoms with van der Waals surface area (Å²) < 4.78 is 5.49. The molecule has 0 saturated carbocycles. The second kappa shape index (κ2) is 5.36. The van der Waals surface area contributed by atoms with E-state index in [9.17, 15) is 4.79 Å². The Bertz CT molecular complexity index is 387. The van der Waals surface area contributed by atoms with Gasteiger partial charge in [-0.1, -0.05) is 6.92 Å². The Kier molecular flexibility index (Phi) is 3.84. The first-order valence-electron chi connectivity index (χ1n) is 6.32. The molecule has 1 aliphatic rings. The molecule has 1 atom stereocenters. The molecule has 1 saturated heterocycles. The van der Waals surface area contributed by atoms with Crippen molar-refractivity contribution in [2.75, 3.05) is 19.6 Å². The molecular formula is C13H20N2O2. The molecule has 0 radical (unpaired) electrons. The average Bonchev–Trinajstić information content (AvgIpc) is 2.97. The zero-order chi connectivity index (χ0) is 12.3. The zero-order valence-corrected chi connectivity index (χ0v) is 10.3. The summed E-state index contributed by atoms with van der Waals surface area (Å²) in [4.78, 5) is 14.0. The summed E-state index contributed by atoms with van der Waals surface area (Å²) in [6, 6.07) is 3.65. The Morgan fingerprint density at radius 2 is 2.41 bits per heavy atom. The molecule has 1 aromatic rings. The number of carbonyl (C=O) groups is 1. The molecule has 2 heterocycles. The van der Waals surface area contributed by atoms with Crippen molar-refractivity contribution < 1.29 is 9.21 Å². The molecule has 0 aliphatic carbocycles. The van der Waals surface area contributed by atoms with Crippen molar-refractivity contribution in [1.82, 2.24) is 4.90 Å². The number of nitrogens with zero attached hydrogens (tertiary/aromatic N) is 1. The lowest BCUT2D eigenvalue weighted by molar-refractivity contribution is 0.0753. The number of hydrogen-bond acceptors (Lipinski definition) is 3. The minimum Gasteiger partial charge on any atom is -0.456 e. The van der Waals surface area contributed by atoms with E-state index < -0.39 is 0 Å². The molecule has 17 heavy (non-hydrogen) atoms. The lowest BCUT2D eigenvalue weighted by Gasteiger charge is -2.14. The van der Waals surface area contributed by atoms with Crippen LogP contribution >= 0.6 is 0 Å². The summed E-state index contributed by atoms with van der Waals surface area (Å²) in [5, 5.41) is 0. The molecule has 1 fully saturated rings. The first-order valence-corrected chi connectivity index (χ1v) is 6.32. The van der Waals surface area contributed by atoms with Crippen molar-refractivity contribution in [3.8, 4) is 0 Å². The number of hydrogen-bond donors (Lipinski definition) is 1. The minimum absolute atomic E-state index is 0.0178. The molecular weight excluding hydrogens is 216 g/mol. The molecule has 2 N–H and O–H groups in total. The third-order valence-electron chi connectivity index (χ3n) is 3.37. The van der Waals surface area contributed by atoms with Crippen LogP contribution in [-0.4, -0.2) is 30.4 Å². The van der Waals surface area contributed by atoms with Crippen molar-refractivity contribution in [2.24, 2.45) is 11.7 Å². The van der Waals surface area contributed by atoms with Gasteiger partial charge < -0.3 is 15.1 Å². The molecule has 1 amide bonds. The SMILES string of the molecule is CCc1ccc(C(=O)N2CCC(CCN)C2)o1. The summed E-state index contributed by atoms with van der Waals surface area (Å²) in [5.41, 5.74) is 5.54. The molecule has 1 unspecified atom stereocenters. The topological polar surface area (TPSA) is 59.5 Å². The van der Waals surface area contributed by atoms with E-state index in [2.05, 4.69) is 0 Å². The van der Waals surface area contributed by atoms with Gasteiger partial charge in [0.1, 0.15) is 5.76 Å². The van der Waals surface area contributed by atoms with E-state index in [1.54, 1.807) is 6.07 Å². The van der Waals surface area contributed by atoms with Crippen LogP contribution in [-0.2, 0) is 6.42 Å². The highest BCUT2D eigenvalue weighted by atomic mass is 16.4. The quantitative estimate of drug-likeness (QED) is 0.864. The Balaban J connectivity index is 1.96. The maximum Gasteiger partial charge on any atom is 0.289 e. The van der Waals surface area contributed by atoms with Gasteiger partial charge in [-0.25, -0.2) is 0 Å². The number of carbonyl (C=O) groups excluding carboxylic acids is 1. The molecule has 0 spiro atoms. The summed E-state index contributed by atoms with van der Waals surface area (Å²) in [6.45, 7) is 4.36. The number of furan rings is 1. The fourth-order valence-corrected chi connectivity index (χ4v) is 2.33. The largest absolute Gasteiger partial charge is 0.456 e. The Morgan fingerprint density at radius 3 is 3.06 bits per heavy atom. The number of amides is 1. The Hall–Kier alpha value is -1.29. The molecule has 1 aromatic heterocycles. The highest BCUT2D eigenvalue weighted by Crippen LogP contribution is 2.21. The molecule has 4 heteroatoms. The van der Waals surface area contributed by atoms with E-state index in [-0.39, 0.29) is 5.91 Å². The number of rotatable bonds is 4. The van der Waals surface area contributed by atoms with Crippen LogP contribution in [0, 0.1) is 5.92 Å². The van der Waals surface area contributed by atoms with Crippen LogP contribution < -0.4 is 5.73 Å². The van der Waals surface area contributed by atoms with Crippen molar-refractivity contribution >= 4 is 5.91 Å². The standard InChI is InChI=1S/C13H20N2O2/c1-2-11-3-4-12(17-11)13(16)15-8-6-10(9-15)5-7-14/h3-4,10H,2,5-9,14H2,1H3. The summed E-state index contributed by atoms with van der Waals surface area (Å²) in [7, 11) is 0. The van der Waals surface area contributed by atoms with Gasteiger partial charge in [0.2, 0.25) is 0 Å². The van der Waals surface area contributed by atoms with Crippen LogP contribution in [0.3, 0.4) is 0 Å². The fraction of sp³-hybridized carbons (Fsp3) is 0.615. The van der Waals surface area contributed by atoms with E-state index >= 15 is 0 Å². The highest BCUT2D eigenvalue weighted by molar-refractivity contribution is 5.91. The summed E-state index contributed by atoms with van der Waals surface area (Å²) in [5.74, 6) is 1.91. The average molecular weight is 236 g/mol. The van der Waals surface area contributed by atoms with Crippen molar-refractivity contribution in [1.29, 1.82) is 0 Å². The molecule has 4 nitrogen and oxygen atoms in total. The van der Waals surface area contributed by atoms with Gasteiger partial charge in [0, 0.05) is 19.5 Å². The van der Waals surface area contributed by atoms with Crippen LogP contribution in [0.1, 0.15) is 36.1 Å². The van der Waals surface area contributed by atoms with Crippen molar-refractivity contribution in [3.05, 3.63) is 23.7 Å². The van der Waals surface area contributed by atoms with E-state index in [1.807, 2.05) is 17.9 Å². The van der Waals surface area contributed by atoms with E-state index in [4.69, 9.17) is 10.2 Å². The minimum atomic E-state index is 0.0178. The number of likely N-dealkylation sites (tertiary alicyclic amines) is 1. The first-order chi connectivity index (χ1) is 8.24. The molecule has 94 valence electrons. The van der Waals surface area contributed by atoms with Crippen LogP contribution in [0.2, 0.25) is 0 Å². The maximum atomic E-state index is 12.1. The van der Waals surface area contributed by atoms with Gasteiger partial charge in [-0.15, -0.1) is 0 Å². The van der Waals surface area contributed by atoms with Gasteiger partial charge in [0.25, 0.3) is 5.91 Å². The summed E-state index contributed by atoms with van der Waals surface area (Å²) >= 11 is 0. The lowest BCUT2D eigenvalue weighted by atomic mass is 10.1. The van der Waals surface area contributed by atoms with Crippen LogP contribution in [0.25, 0.3) is 0 Å². The zero-order valence-electron chi connectivity index (χ0n) is 10.3. The molecule has 1 aliphatic heterocycles. The monoisotopic (exact) mass is 236 g/mol. The molecule has 0 aromatic carbocycles. The second-order valence-electron chi connectivity index (χ2n) is 4.60. The number of nitrogens with two attached hydrogens (primary N) is 1.